The third kappa shape index (κ3) is 4.09. The number of nitrogens with one attached hydrogen (secondary N) is 1. The van der Waals surface area contributed by atoms with E-state index >= 15 is 0 Å². The van der Waals surface area contributed by atoms with Crippen LogP contribution in [0.4, 0.5) is 26.1 Å². The number of nitrogens with zero attached hydrogens (tertiary/aromatic N) is 5. The first-order chi connectivity index (χ1) is 15.6. The van der Waals surface area contributed by atoms with Gasteiger partial charge in [0.1, 0.15) is 29.6 Å². The first kappa shape index (κ1) is 20.3. The molecule has 0 saturated carbocycles. The van der Waals surface area contributed by atoms with Crippen LogP contribution in [-0.4, -0.2) is 53.1 Å². The summed E-state index contributed by atoms with van der Waals surface area (Å²) >= 11 is 0. The standard InChI is InChI=1S/C24H22F2N6/c1-31-8-10-32(11-9-31)23-7-3-17(14-27-23)16-2-5-19-22(12-16)28-15-29-24(19)30-21-6-4-18(25)13-20(21)26/h2-7,12-15H,8-11H2,1H3,(H,28,29,30). The molecular weight excluding hydrogens is 410 g/mol. The summed E-state index contributed by atoms with van der Waals surface area (Å²) in [4.78, 5) is 17.9. The van der Waals surface area contributed by atoms with Gasteiger partial charge in [0.25, 0.3) is 0 Å². The molecule has 0 spiro atoms. The molecular formula is C24H22F2N6. The first-order valence-electron chi connectivity index (χ1n) is 10.4. The molecule has 0 atom stereocenters. The fraction of sp³-hybridized carbons (Fsp3) is 0.208. The van der Waals surface area contributed by atoms with Crippen LogP contribution in [0.25, 0.3) is 22.0 Å². The number of fused-ring (bicyclic) bond motifs is 1. The monoisotopic (exact) mass is 432 g/mol. The highest BCUT2D eigenvalue weighted by Gasteiger charge is 2.15. The van der Waals surface area contributed by atoms with Crippen LogP contribution in [-0.2, 0) is 0 Å². The number of anilines is 3. The van der Waals surface area contributed by atoms with E-state index in [1.165, 1.54) is 18.5 Å². The predicted octanol–water partition coefficient (Wildman–Crippen LogP) is 4.47. The van der Waals surface area contributed by atoms with Gasteiger partial charge in [0.2, 0.25) is 0 Å². The molecule has 1 aliphatic rings. The number of aromatic nitrogens is 3. The van der Waals surface area contributed by atoms with Crippen LogP contribution < -0.4 is 10.2 Å². The van der Waals surface area contributed by atoms with E-state index in [2.05, 4.69) is 49.2 Å². The Bertz CT molecular complexity index is 1250. The molecule has 1 aliphatic heterocycles. The number of rotatable bonds is 4. The van der Waals surface area contributed by atoms with Crippen LogP contribution >= 0.6 is 0 Å². The SMILES string of the molecule is CN1CCN(c2ccc(-c3ccc4c(Nc5ccc(F)cc5F)ncnc4c3)cn2)CC1. The Balaban J connectivity index is 1.40. The molecule has 0 amide bonds. The summed E-state index contributed by atoms with van der Waals surface area (Å²) in [6.45, 7) is 4.01. The van der Waals surface area contributed by atoms with Gasteiger partial charge in [0, 0.05) is 49.4 Å². The molecule has 4 aromatic rings. The topological polar surface area (TPSA) is 57.2 Å². The maximum atomic E-state index is 14.0. The lowest BCUT2D eigenvalue weighted by Crippen LogP contribution is -2.44. The molecule has 0 aliphatic carbocycles. The molecule has 1 N–H and O–H groups in total. The average Bonchev–Trinajstić information content (AvgIpc) is 2.81. The second-order valence-corrected chi connectivity index (χ2v) is 7.90. The van der Waals surface area contributed by atoms with Gasteiger partial charge in [-0.15, -0.1) is 0 Å². The summed E-state index contributed by atoms with van der Waals surface area (Å²) in [6.07, 6.45) is 3.30. The zero-order valence-corrected chi connectivity index (χ0v) is 17.6. The Morgan fingerprint density at radius 2 is 1.66 bits per heavy atom. The third-order valence-corrected chi connectivity index (χ3v) is 5.73. The largest absolute Gasteiger partial charge is 0.354 e. The second kappa shape index (κ2) is 8.47. The van der Waals surface area contributed by atoms with Crippen molar-refractivity contribution in [1.29, 1.82) is 0 Å². The molecule has 5 rings (SSSR count). The van der Waals surface area contributed by atoms with E-state index in [1.807, 2.05) is 24.4 Å². The van der Waals surface area contributed by atoms with Crippen molar-refractivity contribution in [2.45, 2.75) is 0 Å². The average molecular weight is 432 g/mol. The molecule has 3 heterocycles. The quantitative estimate of drug-likeness (QED) is 0.514. The summed E-state index contributed by atoms with van der Waals surface area (Å²) in [5.41, 5.74) is 2.83. The van der Waals surface area contributed by atoms with E-state index in [-0.39, 0.29) is 5.69 Å². The van der Waals surface area contributed by atoms with Gasteiger partial charge in [-0.3, -0.25) is 0 Å². The summed E-state index contributed by atoms with van der Waals surface area (Å²) in [5, 5.41) is 3.67. The molecule has 1 saturated heterocycles. The zero-order chi connectivity index (χ0) is 22.1. The highest BCUT2D eigenvalue weighted by Crippen LogP contribution is 2.29. The van der Waals surface area contributed by atoms with Crippen molar-refractivity contribution in [3.8, 4) is 11.1 Å². The first-order valence-corrected chi connectivity index (χ1v) is 10.4. The zero-order valence-electron chi connectivity index (χ0n) is 17.6. The molecule has 32 heavy (non-hydrogen) atoms. The van der Waals surface area contributed by atoms with E-state index in [0.29, 0.717) is 11.3 Å². The van der Waals surface area contributed by atoms with Crippen LogP contribution in [0.2, 0.25) is 0 Å². The van der Waals surface area contributed by atoms with Crippen molar-refractivity contribution in [2.24, 2.45) is 0 Å². The van der Waals surface area contributed by atoms with Crippen molar-refractivity contribution in [1.82, 2.24) is 19.9 Å². The van der Waals surface area contributed by atoms with Crippen molar-refractivity contribution >= 4 is 28.2 Å². The van der Waals surface area contributed by atoms with Crippen LogP contribution in [0.15, 0.2) is 61.1 Å². The molecule has 1 fully saturated rings. The van der Waals surface area contributed by atoms with E-state index in [1.54, 1.807) is 0 Å². The van der Waals surface area contributed by atoms with Gasteiger partial charge in [0.05, 0.1) is 11.2 Å². The highest BCUT2D eigenvalue weighted by atomic mass is 19.1. The fourth-order valence-corrected chi connectivity index (χ4v) is 3.83. The van der Waals surface area contributed by atoms with Crippen LogP contribution in [0.5, 0.6) is 0 Å². The van der Waals surface area contributed by atoms with Gasteiger partial charge >= 0.3 is 0 Å². The number of hydrogen-bond donors (Lipinski definition) is 1. The van der Waals surface area contributed by atoms with Crippen molar-refractivity contribution in [3.63, 3.8) is 0 Å². The molecule has 0 bridgehead atoms. The summed E-state index contributed by atoms with van der Waals surface area (Å²) < 4.78 is 27.2. The van der Waals surface area contributed by atoms with E-state index in [0.717, 1.165) is 54.6 Å². The van der Waals surface area contributed by atoms with Gasteiger partial charge in [-0.25, -0.2) is 23.7 Å². The molecule has 8 heteroatoms. The molecule has 2 aromatic heterocycles. The number of halogens is 2. The molecule has 0 unspecified atom stereocenters. The van der Waals surface area contributed by atoms with Crippen LogP contribution in [0, 0.1) is 11.6 Å². The normalized spacial score (nSPS) is 14.7. The highest BCUT2D eigenvalue weighted by molar-refractivity contribution is 5.93. The lowest BCUT2D eigenvalue weighted by Gasteiger charge is -2.33. The minimum Gasteiger partial charge on any atom is -0.354 e. The molecule has 2 aromatic carbocycles. The molecule has 6 nitrogen and oxygen atoms in total. The van der Waals surface area contributed by atoms with Crippen molar-refractivity contribution in [2.75, 3.05) is 43.4 Å². The minimum absolute atomic E-state index is 0.152. The Kier molecular flexibility index (Phi) is 5.36. The van der Waals surface area contributed by atoms with Gasteiger partial charge in [-0.2, -0.15) is 0 Å². The number of hydrogen-bond acceptors (Lipinski definition) is 6. The van der Waals surface area contributed by atoms with Crippen LogP contribution in [0.3, 0.4) is 0 Å². The Morgan fingerprint density at radius 1 is 0.844 bits per heavy atom. The summed E-state index contributed by atoms with van der Waals surface area (Å²) in [7, 11) is 2.13. The molecule has 0 radical (unpaired) electrons. The van der Waals surface area contributed by atoms with E-state index in [4.69, 9.17) is 0 Å². The summed E-state index contributed by atoms with van der Waals surface area (Å²) in [6, 6.07) is 13.3. The molecule has 162 valence electrons. The lowest BCUT2D eigenvalue weighted by molar-refractivity contribution is 0.312. The maximum Gasteiger partial charge on any atom is 0.149 e. The number of piperazine rings is 1. The third-order valence-electron chi connectivity index (χ3n) is 5.73. The van der Waals surface area contributed by atoms with Gasteiger partial charge in [0.15, 0.2) is 0 Å². The van der Waals surface area contributed by atoms with Crippen molar-refractivity contribution in [3.05, 3.63) is 72.7 Å². The fourth-order valence-electron chi connectivity index (χ4n) is 3.83. The van der Waals surface area contributed by atoms with Crippen LogP contribution in [0.1, 0.15) is 0 Å². The Labute approximate surface area is 184 Å². The van der Waals surface area contributed by atoms with E-state index < -0.39 is 11.6 Å². The summed E-state index contributed by atoms with van der Waals surface area (Å²) in [5.74, 6) is 0.130. The Morgan fingerprint density at radius 3 is 2.41 bits per heavy atom. The number of benzene rings is 2. The van der Waals surface area contributed by atoms with Gasteiger partial charge < -0.3 is 15.1 Å². The van der Waals surface area contributed by atoms with Crippen molar-refractivity contribution < 1.29 is 8.78 Å². The van der Waals surface area contributed by atoms with E-state index in [9.17, 15) is 8.78 Å². The minimum atomic E-state index is -0.681. The Hall–Kier alpha value is -3.65. The maximum absolute atomic E-state index is 14.0. The van der Waals surface area contributed by atoms with Gasteiger partial charge in [-0.1, -0.05) is 6.07 Å². The van der Waals surface area contributed by atoms with Gasteiger partial charge in [-0.05, 0) is 49.0 Å². The lowest BCUT2D eigenvalue weighted by atomic mass is 10.1. The smallest absolute Gasteiger partial charge is 0.149 e. The number of pyridine rings is 1. The number of likely N-dealkylation sites (N-methyl/N-ethyl adjacent to an activating group) is 1. The second-order valence-electron chi connectivity index (χ2n) is 7.90. The predicted molar refractivity (Wildman–Crippen MR) is 122 cm³/mol.